The lowest BCUT2D eigenvalue weighted by Gasteiger charge is -2.23. The maximum atomic E-state index is 12.7. The molecule has 116 valence electrons. The molecule has 0 N–H and O–H groups in total. The lowest BCUT2D eigenvalue weighted by atomic mass is 9.99. The van der Waals surface area contributed by atoms with Crippen molar-refractivity contribution in [2.75, 3.05) is 13.1 Å². The average molecular weight is 319 g/mol. The molecule has 1 aromatic heterocycles. The molecule has 1 fully saturated rings. The monoisotopic (exact) mass is 318 g/mol. The normalized spacial score (nSPS) is 15.6. The smallest absolute Gasteiger partial charge is 0.234 e. The summed E-state index contributed by atoms with van der Waals surface area (Å²) in [5, 5.41) is 4.85. The summed E-state index contributed by atoms with van der Waals surface area (Å²) in [6.07, 6.45) is 1.68. The van der Waals surface area contributed by atoms with E-state index in [2.05, 4.69) is 5.16 Å². The molecule has 1 amide bonds. The molecule has 0 spiro atoms. The number of carbonyl (C=O) groups is 1. The minimum atomic E-state index is -0.472. The van der Waals surface area contributed by atoms with Crippen molar-refractivity contribution < 1.29 is 9.32 Å². The Morgan fingerprint density at radius 2 is 1.91 bits per heavy atom. The molecular formula is C17H19ClN2O2. The maximum Gasteiger partial charge on any atom is 0.234 e. The maximum absolute atomic E-state index is 12.7. The van der Waals surface area contributed by atoms with E-state index in [-0.39, 0.29) is 5.91 Å². The second-order valence-electron chi connectivity index (χ2n) is 5.64. The van der Waals surface area contributed by atoms with Crippen LogP contribution in [0.4, 0.5) is 0 Å². The van der Waals surface area contributed by atoms with Crippen LogP contribution in [0.25, 0.3) is 11.3 Å². The Morgan fingerprint density at radius 3 is 2.45 bits per heavy atom. The zero-order chi connectivity index (χ0) is 15.7. The molecule has 0 aliphatic heterocycles. The molecule has 3 rings (SSSR count). The summed E-state index contributed by atoms with van der Waals surface area (Å²) in [5.41, 5.74) is 1.18. The molecule has 2 aromatic rings. The molecule has 0 saturated heterocycles. The van der Waals surface area contributed by atoms with Crippen molar-refractivity contribution in [1.29, 1.82) is 0 Å². The van der Waals surface area contributed by atoms with Gasteiger partial charge in [0.15, 0.2) is 5.76 Å². The number of benzene rings is 1. The van der Waals surface area contributed by atoms with Gasteiger partial charge in [-0.15, -0.1) is 0 Å². The van der Waals surface area contributed by atoms with Gasteiger partial charge in [-0.05, 0) is 51.0 Å². The summed E-state index contributed by atoms with van der Waals surface area (Å²) in [4.78, 5) is 14.6. The van der Waals surface area contributed by atoms with Gasteiger partial charge in [-0.2, -0.15) is 0 Å². The van der Waals surface area contributed by atoms with Crippen molar-refractivity contribution in [3.8, 4) is 11.3 Å². The SMILES string of the molecule is CCN(CC)C(=O)C1(c2cc(-c3ccc(Cl)cc3)on2)CC1. The predicted molar refractivity (Wildman–Crippen MR) is 85.8 cm³/mol. The molecule has 0 unspecified atom stereocenters. The highest BCUT2D eigenvalue weighted by molar-refractivity contribution is 6.30. The van der Waals surface area contributed by atoms with Crippen molar-refractivity contribution in [2.24, 2.45) is 0 Å². The van der Waals surface area contributed by atoms with Gasteiger partial charge in [0.25, 0.3) is 0 Å². The first kappa shape index (κ1) is 15.1. The number of hydrogen-bond donors (Lipinski definition) is 0. The van der Waals surface area contributed by atoms with Crippen LogP contribution >= 0.6 is 11.6 Å². The standard InChI is InChI=1S/C17H19ClN2O2/c1-3-20(4-2)16(21)17(9-10-17)15-11-14(22-19-15)12-5-7-13(18)8-6-12/h5-8,11H,3-4,9-10H2,1-2H3. The van der Waals surface area contributed by atoms with E-state index in [1.54, 1.807) is 0 Å². The van der Waals surface area contributed by atoms with E-state index in [0.29, 0.717) is 10.8 Å². The molecule has 1 aliphatic rings. The fourth-order valence-electron chi connectivity index (χ4n) is 2.77. The van der Waals surface area contributed by atoms with Crippen LogP contribution in [0.3, 0.4) is 0 Å². The predicted octanol–water partition coefficient (Wildman–Crippen LogP) is 3.90. The summed E-state index contributed by atoms with van der Waals surface area (Å²) < 4.78 is 5.45. The summed E-state index contributed by atoms with van der Waals surface area (Å²) in [6.45, 7) is 5.44. The van der Waals surface area contributed by atoms with Crippen molar-refractivity contribution >= 4 is 17.5 Å². The third-order valence-electron chi connectivity index (χ3n) is 4.34. The molecule has 1 aliphatic carbocycles. The molecule has 1 heterocycles. The van der Waals surface area contributed by atoms with Gasteiger partial charge in [-0.1, -0.05) is 16.8 Å². The number of rotatable bonds is 5. The average Bonchev–Trinajstić information content (AvgIpc) is 3.20. The van der Waals surface area contributed by atoms with E-state index in [1.807, 2.05) is 49.1 Å². The van der Waals surface area contributed by atoms with Gasteiger partial charge in [-0.3, -0.25) is 4.79 Å². The van der Waals surface area contributed by atoms with Crippen LogP contribution < -0.4 is 0 Å². The van der Waals surface area contributed by atoms with Gasteiger partial charge in [0.2, 0.25) is 5.91 Å². The van der Waals surface area contributed by atoms with E-state index >= 15 is 0 Å². The van der Waals surface area contributed by atoms with E-state index in [1.165, 1.54) is 0 Å². The Hall–Kier alpha value is -1.81. The Labute approximate surface area is 135 Å². The summed E-state index contributed by atoms with van der Waals surface area (Å²) in [6, 6.07) is 9.29. The van der Waals surface area contributed by atoms with Crippen molar-refractivity contribution in [3.63, 3.8) is 0 Å². The van der Waals surface area contributed by atoms with Crippen LogP contribution in [0.1, 0.15) is 32.4 Å². The second-order valence-corrected chi connectivity index (χ2v) is 6.08. The van der Waals surface area contributed by atoms with Crippen LogP contribution in [0.2, 0.25) is 5.02 Å². The first-order valence-electron chi connectivity index (χ1n) is 7.63. The largest absolute Gasteiger partial charge is 0.356 e. The zero-order valence-corrected chi connectivity index (χ0v) is 13.6. The molecule has 1 saturated carbocycles. The molecule has 0 atom stereocenters. The fourth-order valence-corrected chi connectivity index (χ4v) is 2.89. The van der Waals surface area contributed by atoms with Gasteiger partial charge < -0.3 is 9.42 Å². The van der Waals surface area contributed by atoms with Gasteiger partial charge >= 0.3 is 0 Å². The Morgan fingerprint density at radius 1 is 1.27 bits per heavy atom. The molecule has 4 nitrogen and oxygen atoms in total. The molecular weight excluding hydrogens is 300 g/mol. The number of aromatic nitrogens is 1. The highest BCUT2D eigenvalue weighted by atomic mass is 35.5. The Bertz CT molecular complexity index is 670. The quantitative estimate of drug-likeness (QED) is 0.840. The molecule has 0 bridgehead atoms. The molecule has 1 aromatic carbocycles. The second kappa shape index (κ2) is 5.76. The first-order valence-corrected chi connectivity index (χ1v) is 8.01. The number of carbonyl (C=O) groups excluding carboxylic acids is 1. The van der Waals surface area contributed by atoms with Gasteiger partial charge in [0.1, 0.15) is 0 Å². The van der Waals surface area contributed by atoms with E-state index in [0.717, 1.165) is 37.2 Å². The highest BCUT2D eigenvalue weighted by Gasteiger charge is 2.55. The third kappa shape index (κ3) is 2.52. The zero-order valence-electron chi connectivity index (χ0n) is 12.8. The Balaban J connectivity index is 1.87. The lowest BCUT2D eigenvalue weighted by molar-refractivity contribution is -0.133. The molecule has 0 radical (unpaired) electrons. The van der Waals surface area contributed by atoms with Crippen LogP contribution in [0, 0.1) is 0 Å². The van der Waals surface area contributed by atoms with Gasteiger partial charge in [0, 0.05) is 29.7 Å². The summed E-state index contributed by atoms with van der Waals surface area (Å²) in [7, 11) is 0. The number of amides is 1. The number of halogens is 1. The van der Waals surface area contributed by atoms with E-state index in [4.69, 9.17) is 16.1 Å². The highest BCUT2D eigenvalue weighted by Crippen LogP contribution is 2.49. The summed E-state index contributed by atoms with van der Waals surface area (Å²) in [5.74, 6) is 0.832. The van der Waals surface area contributed by atoms with Crippen LogP contribution in [-0.4, -0.2) is 29.1 Å². The first-order chi connectivity index (χ1) is 10.6. The third-order valence-corrected chi connectivity index (χ3v) is 4.59. The van der Waals surface area contributed by atoms with E-state index in [9.17, 15) is 4.79 Å². The Kier molecular flexibility index (Phi) is 3.96. The number of likely N-dealkylation sites (N-methyl/N-ethyl adjacent to an activating group) is 1. The van der Waals surface area contributed by atoms with Crippen molar-refractivity contribution in [2.45, 2.75) is 32.1 Å². The van der Waals surface area contributed by atoms with Crippen LogP contribution in [0.5, 0.6) is 0 Å². The fraction of sp³-hybridized carbons (Fsp3) is 0.412. The van der Waals surface area contributed by atoms with Crippen LogP contribution in [-0.2, 0) is 10.2 Å². The van der Waals surface area contributed by atoms with Crippen molar-refractivity contribution in [3.05, 3.63) is 41.0 Å². The minimum absolute atomic E-state index is 0.161. The molecule has 5 heteroatoms. The van der Waals surface area contributed by atoms with Crippen LogP contribution in [0.15, 0.2) is 34.9 Å². The number of nitrogens with zero attached hydrogens (tertiary/aromatic N) is 2. The van der Waals surface area contributed by atoms with Gasteiger partial charge in [-0.25, -0.2) is 0 Å². The summed E-state index contributed by atoms with van der Waals surface area (Å²) >= 11 is 5.90. The minimum Gasteiger partial charge on any atom is -0.356 e. The van der Waals surface area contributed by atoms with E-state index < -0.39 is 5.41 Å². The lowest BCUT2D eigenvalue weighted by Crippen LogP contribution is -2.39. The number of hydrogen-bond acceptors (Lipinski definition) is 3. The topological polar surface area (TPSA) is 46.3 Å². The van der Waals surface area contributed by atoms with Crippen molar-refractivity contribution in [1.82, 2.24) is 10.1 Å². The molecule has 22 heavy (non-hydrogen) atoms. The van der Waals surface area contributed by atoms with Gasteiger partial charge in [0.05, 0.1) is 11.1 Å².